The lowest BCUT2D eigenvalue weighted by atomic mass is 10.2. The van der Waals surface area contributed by atoms with Gasteiger partial charge in [-0.3, -0.25) is 4.90 Å². The van der Waals surface area contributed by atoms with Crippen LogP contribution in [0.2, 0.25) is 0 Å². The molecule has 2 N–H and O–H groups in total. The van der Waals surface area contributed by atoms with Gasteiger partial charge in [0.25, 0.3) is 0 Å². The summed E-state index contributed by atoms with van der Waals surface area (Å²) in [7, 11) is 0. The Balaban J connectivity index is 1.38. The summed E-state index contributed by atoms with van der Waals surface area (Å²) < 4.78 is 11.2. The van der Waals surface area contributed by atoms with Gasteiger partial charge in [0.2, 0.25) is 0 Å². The highest BCUT2D eigenvalue weighted by Gasteiger charge is 2.25. The van der Waals surface area contributed by atoms with Crippen LogP contribution in [0.5, 0.6) is 5.75 Å². The first kappa shape index (κ1) is 18.3. The zero-order valence-corrected chi connectivity index (χ0v) is 15.2. The van der Waals surface area contributed by atoms with Gasteiger partial charge in [-0.05, 0) is 57.1 Å². The van der Waals surface area contributed by atoms with Gasteiger partial charge in [-0.2, -0.15) is 0 Å². The number of furan rings is 1. The second kappa shape index (κ2) is 9.29. The average molecular weight is 357 g/mol. The van der Waals surface area contributed by atoms with Crippen LogP contribution in [0, 0.1) is 6.92 Å². The minimum atomic E-state index is -0.187. The lowest BCUT2D eigenvalue weighted by molar-refractivity contribution is 0.202. The summed E-state index contributed by atoms with van der Waals surface area (Å²) in [5.74, 6) is 1.71. The third kappa shape index (κ3) is 5.26. The molecule has 2 heterocycles. The van der Waals surface area contributed by atoms with E-state index in [1.165, 1.54) is 18.4 Å². The zero-order valence-electron chi connectivity index (χ0n) is 15.2. The molecule has 6 heteroatoms. The Morgan fingerprint density at radius 2 is 1.96 bits per heavy atom. The summed E-state index contributed by atoms with van der Waals surface area (Å²) in [5, 5.41) is 5.78. The maximum atomic E-state index is 12.1. The maximum absolute atomic E-state index is 12.1. The molecule has 140 valence electrons. The number of nitrogens with one attached hydrogen (secondary N) is 2. The van der Waals surface area contributed by atoms with Crippen LogP contribution in [-0.2, 0) is 0 Å². The molecule has 0 saturated carbocycles. The Morgan fingerprint density at radius 1 is 1.19 bits per heavy atom. The Bertz CT molecular complexity index is 664. The highest BCUT2D eigenvalue weighted by Crippen LogP contribution is 2.24. The summed E-state index contributed by atoms with van der Waals surface area (Å²) >= 11 is 0. The normalized spacial score (nSPS) is 15.6. The minimum absolute atomic E-state index is 0.0852. The highest BCUT2D eigenvalue weighted by atomic mass is 16.5. The van der Waals surface area contributed by atoms with Crippen molar-refractivity contribution in [3.8, 4) is 5.75 Å². The predicted molar refractivity (Wildman–Crippen MR) is 100 cm³/mol. The van der Waals surface area contributed by atoms with Crippen molar-refractivity contribution < 1.29 is 13.9 Å². The van der Waals surface area contributed by atoms with Gasteiger partial charge in [-0.25, -0.2) is 4.79 Å². The van der Waals surface area contributed by atoms with Gasteiger partial charge in [0.05, 0.1) is 18.8 Å². The molecule has 2 aromatic rings. The van der Waals surface area contributed by atoms with E-state index in [0.29, 0.717) is 19.7 Å². The molecule has 0 radical (unpaired) electrons. The molecule has 0 spiro atoms. The van der Waals surface area contributed by atoms with E-state index in [2.05, 4.69) is 15.5 Å². The fraction of sp³-hybridized carbons (Fsp3) is 0.450. The van der Waals surface area contributed by atoms with Crippen molar-refractivity contribution in [3.05, 3.63) is 54.0 Å². The van der Waals surface area contributed by atoms with Crippen LogP contribution < -0.4 is 15.4 Å². The number of nitrogens with zero attached hydrogens (tertiary/aromatic N) is 1. The van der Waals surface area contributed by atoms with Gasteiger partial charge in [-0.1, -0.05) is 17.7 Å². The Labute approximate surface area is 154 Å². The van der Waals surface area contributed by atoms with Crippen LogP contribution in [-0.4, -0.2) is 43.7 Å². The number of urea groups is 1. The van der Waals surface area contributed by atoms with Crippen molar-refractivity contribution in [1.29, 1.82) is 0 Å². The summed E-state index contributed by atoms with van der Waals surface area (Å²) in [6.07, 6.45) is 4.07. The molecule has 6 nitrogen and oxygen atoms in total. The lowest BCUT2D eigenvalue weighted by Gasteiger charge is -2.26. The van der Waals surface area contributed by atoms with Gasteiger partial charge in [-0.15, -0.1) is 0 Å². The topological polar surface area (TPSA) is 66.7 Å². The van der Waals surface area contributed by atoms with Crippen LogP contribution in [0.25, 0.3) is 0 Å². The van der Waals surface area contributed by atoms with Crippen LogP contribution in [0.15, 0.2) is 47.1 Å². The SMILES string of the molecule is Cc1ccc(OCCNC(=O)NCC(c2ccco2)N2CCCC2)cc1. The second-order valence-electron chi connectivity index (χ2n) is 6.57. The number of benzene rings is 1. The number of amides is 2. The van der Waals surface area contributed by atoms with Gasteiger partial charge in [0.1, 0.15) is 18.1 Å². The fourth-order valence-corrected chi connectivity index (χ4v) is 3.16. The molecule has 26 heavy (non-hydrogen) atoms. The first-order chi connectivity index (χ1) is 12.7. The average Bonchev–Trinajstić information content (AvgIpc) is 3.35. The second-order valence-corrected chi connectivity index (χ2v) is 6.57. The fourth-order valence-electron chi connectivity index (χ4n) is 3.16. The molecule has 1 saturated heterocycles. The summed E-state index contributed by atoms with van der Waals surface area (Å²) in [5.41, 5.74) is 1.19. The molecule has 1 aromatic heterocycles. The van der Waals surface area contributed by atoms with Crippen molar-refractivity contribution in [2.45, 2.75) is 25.8 Å². The van der Waals surface area contributed by atoms with Crippen molar-refractivity contribution in [2.75, 3.05) is 32.8 Å². The Hall–Kier alpha value is -2.47. The highest BCUT2D eigenvalue weighted by molar-refractivity contribution is 5.73. The molecule has 3 rings (SSSR count). The number of hydrogen-bond donors (Lipinski definition) is 2. The zero-order chi connectivity index (χ0) is 18.2. The summed E-state index contributed by atoms with van der Waals surface area (Å²) in [6, 6.07) is 11.6. The van der Waals surface area contributed by atoms with E-state index >= 15 is 0 Å². The standard InChI is InChI=1S/C20H27N3O3/c1-16-6-8-17(9-7-16)25-14-10-21-20(24)22-15-18(19-5-4-13-26-19)23-11-2-3-12-23/h4-9,13,18H,2-3,10-12,14-15H2,1H3,(H2,21,22,24). The van der Waals surface area contributed by atoms with Crippen molar-refractivity contribution in [1.82, 2.24) is 15.5 Å². The van der Waals surface area contributed by atoms with Gasteiger partial charge in [0.15, 0.2) is 0 Å². The van der Waals surface area contributed by atoms with Crippen molar-refractivity contribution in [3.63, 3.8) is 0 Å². The molecule has 1 atom stereocenters. The molecule has 1 aliphatic rings. The van der Waals surface area contributed by atoms with Gasteiger partial charge >= 0.3 is 6.03 Å². The molecular formula is C20H27N3O3. The minimum Gasteiger partial charge on any atom is -0.492 e. The first-order valence-corrected chi connectivity index (χ1v) is 9.21. The van der Waals surface area contributed by atoms with E-state index < -0.39 is 0 Å². The number of likely N-dealkylation sites (tertiary alicyclic amines) is 1. The van der Waals surface area contributed by atoms with E-state index in [4.69, 9.17) is 9.15 Å². The van der Waals surface area contributed by atoms with Crippen LogP contribution in [0.4, 0.5) is 4.79 Å². The molecule has 0 bridgehead atoms. The predicted octanol–water partition coefficient (Wildman–Crippen LogP) is 3.10. The van der Waals surface area contributed by atoms with Crippen molar-refractivity contribution >= 4 is 6.03 Å². The van der Waals surface area contributed by atoms with E-state index in [1.54, 1.807) is 6.26 Å². The molecule has 1 unspecified atom stereocenters. The molecular weight excluding hydrogens is 330 g/mol. The largest absolute Gasteiger partial charge is 0.492 e. The Morgan fingerprint density at radius 3 is 2.65 bits per heavy atom. The van der Waals surface area contributed by atoms with E-state index in [1.807, 2.05) is 43.3 Å². The first-order valence-electron chi connectivity index (χ1n) is 9.21. The van der Waals surface area contributed by atoms with Crippen LogP contribution in [0.1, 0.15) is 30.2 Å². The van der Waals surface area contributed by atoms with E-state index in [0.717, 1.165) is 24.6 Å². The van der Waals surface area contributed by atoms with Gasteiger partial charge < -0.3 is 19.8 Å². The van der Waals surface area contributed by atoms with Crippen LogP contribution >= 0.6 is 0 Å². The molecule has 0 aliphatic carbocycles. The number of rotatable bonds is 8. The Kier molecular flexibility index (Phi) is 6.55. The quantitative estimate of drug-likeness (QED) is 0.713. The summed E-state index contributed by atoms with van der Waals surface area (Å²) in [6.45, 7) is 5.53. The third-order valence-electron chi connectivity index (χ3n) is 4.59. The number of hydrogen-bond acceptors (Lipinski definition) is 4. The maximum Gasteiger partial charge on any atom is 0.314 e. The monoisotopic (exact) mass is 357 g/mol. The number of ether oxygens (including phenoxy) is 1. The number of carbonyl (C=O) groups is 1. The van der Waals surface area contributed by atoms with E-state index in [9.17, 15) is 4.79 Å². The number of aryl methyl sites for hydroxylation is 1. The molecule has 1 aliphatic heterocycles. The smallest absolute Gasteiger partial charge is 0.314 e. The van der Waals surface area contributed by atoms with Gasteiger partial charge in [0, 0.05) is 6.54 Å². The number of carbonyl (C=O) groups excluding carboxylic acids is 1. The third-order valence-corrected chi connectivity index (χ3v) is 4.59. The lowest BCUT2D eigenvalue weighted by Crippen LogP contribution is -2.42. The van der Waals surface area contributed by atoms with Crippen molar-refractivity contribution in [2.24, 2.45) is 0 Å². The molecule has 1 fully saturated rings. The van der Waals surface area contributed by atoms with E-state index in [-0.39, 0.29) is 12.1 Å². The summed E-state index contributed by atoms with van der Waals surface area (Å²) in [4.78, 5) is 14.4. The molecule has 2 amide bonds. The molecule has 1 aromatic carbocycles. The van der Waals surface area contributed by atoms with Crippen LogP contribution in [0.3, 0.4) is 0 Å².